The van der Waals surface area contributed by atoms with Crippen molar-refractivity contribution in [3.8, 4) is 0 Å². The minimum Gasteiger partial charge on any atom is -0.366 e. The van der Waals surface area contributed by atoms with Crippen molar-refractivity contribution in [1.82, 2.24) is 19.8 Å². The molecule has 182 valence electrons. The Morgan fingerprint density at radius 2 is 1.63 bits per heavy atom. The maximum absolute atomic E-state index is 14.1. The number of amides is 2. The second-order valence-corrected chi connectivity index (χ2v) is 8.64. The van der Waals surface area contributed by atoms with E-state index in [-0.39, 0.29) is 29.7 Å². The molecular weight excluding hydrogens is 445 g/mol. The number of nitrogens with zero attached hydrogens (tertiary/aromatic N) is 5. The Kier molecular flexibility index (Phi) is 8.03. The van der Waals surface area contributed by atoms with Crippen molar-refractivity contribution in [3.63, 3.8) is 0 Å². The maximum Gasteiger partial charge on any atom is 0.274 e. The van der Waals surface area contributed by atoms with E-state index in [2.05, 4.69) is 9.97 Å². The lowest BCUT2D eigenvalue weighted by Gasteiger charge is -2.36. The molecule has 2 amide bonds. The first-order chi connectivity index (χ1) is 17.0. The fraction of sp³-hybridized carbons (Fsp3) is 0.333. The smallest absolute Gasteiger partial charge is 0.274 e. The summed E-state index contributed by atoms with van der Waals surface area (Å²) in [5.74, 6) is -0.490. The van der Waals surface area contributed by atoms with Gasteiger partial charge in [-0.2, -0.15) is 0 Å². The lowest BCUT2D eigenvalue weighted by Crippen LogP contribution is -2.49. The predicted octanol–water partition coefficient (Wildman–Crippen LogP) is 3.35. The Hall–Kier alpha value is -3.81. The number of rotatable bonds is 8. The number of carbonyl (C=O) groups is 2. The number of para-hydroxylation sites is 1. The molecule has 1 saturated heterocycles. The van der Waals surface area contributed by atoms with E-state index in [0.29, 0.717) is 51.4 Å². The largest absolute Gasteiger partial charge is 0.366 e. The average molecular weight is 476 g/mol. The van der Waals surface area contributed by atoms with Crippen molar-refractivity contribution in [2.75, 3.05) is 44.2 Å². The van der Waals surface area contributed by atoms with Gasteiger partial charge >= 0.3 is 0 Å². The number of piperazine rings is 1. The molecule has 2 heterocycles. The zero-order valence-corrected chi connectivity index (χ0v) is 19.9. The summed E-state index contributed by atoms with van der Waals surface area (Å²) in [7, 11) is 0. The Bertz CT molecular complexity index is 1130. The highest BCUT2D eigenvalue weighted by molar-refractivity contribution is 5.92. The molecule has 0 aliphatic carbocycles. The van der Waals surface area contributed by atoms with Crippen LogP contribution in [0.5, 0.6) is 0 Å². The number of halogens is 1. The third kappa shape index (κ3) is 6.41. The molecule has 4 rings (SSSR count). The average Bonchev–Trinajstić information content (AvgIpc) is 2.89. The minimum atomic E-state index is -0.251. The van der Waals surface area contributed by atoms with E-state index in [4.69, 9.17) is 0 Å². The molecule has 0 unspecified atom stereocenters. The molecule has 7 nitrogen and oxygen atoms in total. The summed E-state index contributed by atoms with van der Waals surface area (Å²) < 4.78 is 14.1. The number of carbonyl (C=O) groups excluding carboxylic acids is 2. The number of anilines is 1. The van der Waals surface area contributed by atoms with Crippen molar-refractivity contribution >= 4 is 17.5 Å². The van der Waals surface area contributed by atoms with E-state index in [1.54, 1.807) is 28.1 Å². The standard InChI is InChI=1S/C27H30FN5O2/c1-21-19-30-24(20-29-21)27(35)33(13-11-22-7-3-2-4-8-22)14-12-26(34)32-17-15-31(16-18-32)25-10-6-5-9-23(25)28/h2-10,19-20H,11-18H2,1H3. The summed E-state index contributed by atoms with van der Waals surface area (Å²) in [6, 6.07) is 16.6. The topological polar surface area (TPSA) is 69.6 Å². The highest BCUT2D eigenvalue weighted by Gasteiger charge is 2.24. The fourth-order valence-corrected chi connectivity index (χ4v) is 4.18. The van der Waals surface area contributed by atoms with Gasteiger partial charge in [0.15, 0.2) is 0 Å². The van der Waals surface area contributed by atoms with Gasteiger partial charge in [0, 0.05) is 51.9 Å². The van der Waals surface area contributed by atoms with Crippen LogP contribution in [0.15, 0.2) is 67.0 Å². The minimum absolute atomic E-state index is 0.00862. The molecule has 35 heavy (non-hydrogen) atoms. The molecule has 8 heteroatoms. The number of aromatic nitrogens is 2. The Balaban J connectivity index is 1.35. The van der Waals surface area contributed by atoms with Crippen molar-refractivity contribution in [1.29, 1.82) is 0 Å². The lowest BCUT2D eigenvalue weighted by molar-refractivity contribution is -0.131. The number of hydrogen-bond donors (Lipinski definition) is 0. The summed E-state index contributed by atoms with van der Waals surface area (Å²) in [5, 5.41) is 0. The van der Waals surface area contributed by atoms with Gasteiger partial charge in [0.25, 0.3) is 5.91 Å². The van der Waals surface area contributed by atoms with Crippen LogP contribution in [0.3, 0.4) is 0 Å². The Labute approximate surface area is 205 Å². The SMILES string of the molecule is Cc1cnc(C(=O)N(CCC(=O)N2CCN(c3ccccc3F)CC2)CCc2ccccc2)cn1. The number of aryl methyl sites for hydroxylation is 1. The predicted molar refractivity (Wildman–Crippen MR) is 133 cm³/mol. The van der Waals surface area contributed by atoms with Gasteiger partial charge in [0.1, 0.15) is 11.5 Å². The zero-order chi connectivity index (χ0) is 24.6. The maximum atomic E-state index is 14.1. The quantitative estimate of drug-likeness (QED) is 0.500. The fourth-order valence-electron chi connectivity index (χ4n) is 4.18. The molecule has 0 radical (unpaired) electrons. The van der Waals surface area contributed by atoms with Crippen LogP contribution in [-0.4, -0.2) is 70.9 Å². The molecule has 0 atom stereocenters. The zero-order valence-electron chi connectivity index (χ0n) is 19.9. The van der Waals surface area contributed by atoms with Gasteiger partial charge in [0.2, 0.25) is 5.91 Å². The highest BCUT2D eigenvalue weighted by Crippen LogP contribution is 2.20. The van der Waals surface area contributed by atoms with Crippen LogP contribution in [0.2, 0.25) is 0 Å². The molecule has 1 fully saturated rings. The van der Waals surface area contributed by atoms with Gasteiger partial charge in [-0.1, -0.05) is 42.5 Å². The third-order valence-corrected chi connectivity index (χ3v) is 6.22. The summed E-state index contributed by atoms with van der Waals surface area (Å²) in [6.07, 6.45) is 3.96. The van der Waals surface area contributed by atoms with Crippen LogP contribution in [0.1, 0.15) is 28.2 Å². The van der Waals surface area contributed by atoms with E-state index < -0.39 is 0 Å². The molecule has 0 spiro atoms. The van der Waals surface area contributed by atoms with Crippen LogP contribution >= 0.6 is 0 Å². The summed E-state index contributed by atoms with van der Waals surface area (Å²) in [4.78, 5) is 40.0. The molecule has 0 N–H and O–H groups in total. The van der Waals surface area contributed by atoms with E-state index >= 15 is 0 Å². The van der Waals surface area contributed by atoms with Gasteiger partial charge in [-0.25, -0.2) is 9.37 Å². The van der Waals surface area contributed by atoms with E-state index in [1.165, 1.54) is 12.3 Å². The molecule has 3 aromatic rings. The monoisotopic (exact) mass is 475 g/mol. The Morgan fingerprint density at radius 1 is 0.914 bits per heavy atom. The molecular formula is C27H30FN5O2. The summed E-state index contributed by atoms with van der Waals surface area (Å²) >= 11 is 0. The number of hydrogen-bond acceptors (Lipinski definition) is 5. The first kappa shape index (κ1) is 24.3. The van der Waals surface area contributed by atoms with Crippen LogP contribution in [0, 0.1) is 12.7 Å². The van der Waals surface area contributed by atoms with Gasteiger partial charge in [-0.15, -0.1) is 0 Å². The number of benzene rings is 2. The normalized spacial score (nSPS) is 13.5. The van der Waals surface area contributed by atoms with Crippen LogP contribution in [0.4, 0.5) is 10.1 Å². The second-order valence-electron chi connectivity index (χ2n) is 8.64. The molecule has 1 aromatic heterocycles. The van der Waals surface area contributed by atoms with E-state index in [9.17, 15) is 14.0 Å². The van der Waals surface area contributed by atoms with Crippen molar-refractivity contribution in [2.24, 2.45) is 0 Å². The van der Waals surface area contributed by atoms with Crippen molar-refractivity contribution in [2.45, 2.75) is 19.8 Å². The second kappa shape index (κ2) is 11.6. The first-order valence-electron chi connectivity index (χ1n) is 11.9. The molecule has 0 saturated carbocycles. The summed E-state index contributed by atoms with van der Waals surface area (Å²) in [6.45, 7) is 4.78. The molecule has 0 bridgehead atoms. The summed E-state index contributed by atoms with van der Waals surface area (Å²) in [5.41, 5.74) is 2.70. The van der Waals surface area contributed by atoms with Crippen molar-refractivity contribution in [3.05, 3.63) is 89.8 Å². The van der Waals surface area contributed by atoms with Gasteiger partial charge < -0.3 is 14.7 Å². The van der Waals surface area contributed by atoms with E-state index in [0.717, 1.165) is 11.3 Å². The van der Waals surface area contributed by atoms with Crippen LogP contribution in [0.25, 0.3) is 0 Å². The molecule has 1 aliphatic rings. The lowest BCUT2D eigenvalue weighted by atomic mass is 10.1. The third-order valence-electron chi connectivity index (χ3n) is 6.22. The van der Waals surface area contributed by atoms with Gasteiger partial charge in [0.05, 0.1) is 17.6 Å². The molecule has 1 aliphatic heterocycles. The van der Waals surface area contributed by atoms with Gasteiger partial charge in [-0.3, -0.25) is 14.6 Å². The highest BCUT2D eigenvalue weighted by atomic mass is 19.1. The van der Waals surface area contributed by atoms with Crippen molar-refractivity contribution < 1.29 is 14.0 Å². The van der Waals surface area contributed by atoms with Crippen LogP contribution in [-0.2, 0) is 11.2 Å². The molecule has 2 aromatic carbocycles. The van der Waals surface area contributed by atoms with Crippen LogP contribution < -0.4 is 4.90 Å². The Morgan fingerprint density at radius 3 is 2.31 bits per heavy atom. The first-order valence-corrected chi connectivity index (χ1v) is 11.9. The van der Waals surface area contributed by atoms with Gasteiger partial charge in [-0.05, 0) is 31.0 Å². The van der Waals surface area contributed by atoms with E-state index in [1.807, 2.05) is 48.2 Å².